The number of rotatable bonds is 5. The van der Waals surface area contributed by atoms with Gasteiger partial charge in [0.15, 0.2) is 0 Å². The van der Waals surface area contributed by atoms with Crippen molar-refractivity contribution in [3.05, 3.63) is 42.0 Å². The van der Waals surface area contributed by atoms with Gasteiger partial charge in [-0.05, 0) is 41.8 Å². The molecule has 0 spiro atoms. The monoisotopic (exact) mass is 272 g/mol. The number of fused-ring (bicyclic) bond motifs is 1. The maximum atomic E-state index is 11.9. The van der Waals surface area contributed by atoms with Crippen LogP contribution in [-0.4, -0.2) is 19.7 Å². The van der Waals surface area contributed by atoms with Crippen LogP contribution in [0.4, 0.5) is 0 Å². The van der Waals surface area contributed by atoms with Crippen LogP contribution in [0.5, 0.6) is 5.75 Å². The van der Waals surface area contributed by atoms with Gasteiger partial charge in [0.05, 0.1) is 19.6 Å². The zero-order chi connectivity index (χ0) is 14.5. The number of benzene rings is 2. The highest BCUT2D eigenvalue weighted by atomic mass is 16.5. The summed E-state index contributed by atoms with van der Waals surface area (Å²) in [5.74, 6) is 0.424. The van der Waals surface area contributed by atoms with E-state index in [0.29, 0.717) is 6.61 Å². The summed E-state index contributed by atoms with van der Waals surface area (Å²) in [5.41, 5.74) is 0.976. The lowest BCUT2D eigenvalue weighted by molar-refractivity contribution is -0.145. The van der Waals surface area contributed by atoms with E-state index in [9.17, 15) is 4.79 Å². The van der Waals surface area contributed by atoms with Crippen LogP contribution >= 0.6 is 0 Å². The first-order valence-electron chi connectivity index (χ1n) is 6.90. The fourth-order valence-corrected chi connectivity index (χ4v) is 2.10. The summed E-state index contributed by atoms with van der Waals surface area (Å²) in [6.07, 6.45) is 0.843. The summed E-state index contributed by atoms with van der Waals surface area (Å²) in [7, 11) is 1.65. The van der Waals surface area contributed by atoms with E-state index < -0.39 is 0 Å². The number of carbonyl (C=O) groups is 1. The second-order valence-corrected chi connectivity index (χ2v) is 4.86. The van der Waals surface area contributed by atoms with Gasteiger partial charge in [-0.3, -0.25) is 4.79 Å². The predicted molar refractivity (Wildman–Crippen MR) is 80.2 cm³/mol. The molecule has 106 valence electrons. The number of ether oxygens (including phenoxy) is 2. The SMILES string of the molecule is CCCOC(=O)[C@@H](C)c1ccc2cc(OC)ccc2c1. The van der Waals surface area contributed by atoms with Crippen molar-refractivity contribution in [2.45, 2.75) is 26.2 Å². The molecule has 0 saturated carbocycles. The first-order valence-corrected chi connectivity index (χ1v) is 6.90. The van der Waals surface area contributed by atoms with Crippen molar-refractivity contribution in [1.82, 2.24) is 0 Å². The standard InChI is InChI=1S/C17H20O3/c1-4-9-20-17(18)12(2)13-5-6-15-11-16(19-3)8-7-14(15)10-13/h5-8,10-12H,4,9H2,1-3H3/t12-/m0/s1. The van der Waals surface area contributed by atoms with Gasteiger partial charge in [0.2, 0.25) is 0 Å². The highest BCUT2D eigenvalue weighted by Gasteiger charge is 2.16. The maximum absolute atomic E-state index is 11.9. The highest BCUT2D eigenvalue weighted by Crippen LogP contribution is 2.25. The Labute approximate surface area is 119 Å². The number of carbonyl (C=O) groups excluding carboxylic acids is 1. The predicted octanol–water partition coefficient (Wildman–Crippen LogP) is 3.91. The minimum absolute atomic E-state index is 0.167. The Hall–Kier alpha value is -2.03. The zero-order valence-corrected chi connectivity index (χ0v) is 12.2. The quantitative estimate of drug-likeness (QED) is 0.774. The summed E-state index contributed by atoms with van der Waals surface area (Å²) in [6, 6.07) is 11.9. The Bertz CT molecular complexity index is 604. The van der Waals surface area contributed by atoms with Crippen LogP contribution in [0.3, 0.4) is 0 Å². The fraction of sp³-hybridized carbons (Fsp3) is 0.353. The molecule has 0 N–H and O–H groups in total. The molecule has 0 bridgehead atoms. The maximum Gasteiger partial charge on any atom is 0.313 e. The van der Waals surface area contributed by atoms with Crippen molar-refractivity contribution >= 4 is 16.7 Å². The van der Waals surface area contributed by atoms with Crippen molar-refractivity contribution in [2.24, 2.45) is 0 Å². The summed E-state index contributed by atoms with van der Waals surface area (Å²) >= 11 is 0. The second-order valence-electron chi connectivity index (χ2n) is 4.86. The van der Waals surface area contributed by atoms with Crippen LogP contribution in [0.2, 0.25) is 0 Å². The van der Waals surface area contributed by atoms with E-state index in [4.69, 9.17) is 9.47 Å². The second kappa shape index (κ2) is 6.42. The number of methoxy groups -OCH3 is 1. The minimum atomic E-state index is -0.243. The Kier molecular flexibility index (Phi) is 4.61. The van der Waals surface area contributed by atoms with Crippen LogP contribution in [0.1, 0.15) is 31.7 Å². The Balaban J connectivity index is 2.25. The van der Waals surface area contributed by atoms with Crippen molar-refractivity contribution in [2.75, 3.05) is 13.7 Å². The van der Waals surface area contributed by atoms with Gasteiger partial charge >= 0.3 is 5.97 Å². The number of esters is 1. The summed E-state index contributed by atoms with van der Waals surface area (Å²) < 4.78 is 10.4. The largest absolute Gasteiger partial charge is 0.497 e. The third-order valence-electron chi connectivity index (χ3n) is 3.37. The molecule has 3 nitrogen and oxygen atoms in total. The van der Waals surface area contributed by atoms with Gasteiger partial charge in [-0.15, -0.1) is 0 Å². The lowest BCUT2D eigenvalue weighted by Gasteiger charge is -2.12. The van der Waals surface area contributed by atoms with Crippen LogP contribution in [0, 0.1) is 0 Å². The highest BCUT2D eigenvalue weighted by molar-refractivity contribution is 5.86. The molecular formula is C17H20O3. The van der Waals surface area contributed by atoms with Crippen LogP contribution in [0.25, 0.3) is 10.8 Å². The average molecular weight is 272 g/mol. The summed E-state index contributed by atoms with van der Waals surface area (Å²) in [6.45, 7) is 4.35. The van der Waals surface area contributed by atoms with Crippen LogP contribution in [0.15, 0.2) is 36.4 Å². The van der Waals surface area contributed by atoms with E-state index in [1.165, 1.54) is 0 Å². The molecule has 0 unspecified atom stereocenters. The molecule has 0 radical (unpaired) electrons. The van der Waals surface area contributed by atoms with Gasteiger partial charge in [-0.25, -0.2) is 0 Å². The molecule has 0 aromatic heterocycles. The average Bonchev–Trinajstić information content (AvgIpc) is 2.50. The van der Waals surface area contributed by atoms with Crippen molar-refractivity contribution in [1.29, 1.82) is 0 Å². The summed E-state index contributed by atoms with van der Waals surface area (Å²) in [4.78, 5) is 11.9. The smallest absolute Gasteiger partial charge is 0.313 e. The molecule has 2 rings (SSSR count). The first-order chi connectivity index (χ1) is 9.65. The fourth-order valence-electron chi connectivity index (χ4n) is 2.10. The Morgan fingerprint density at radius 3 is 2.55 bits per heavy atom. The molecular weight excluding hydrogens is 252 g/mol. The van der Waals surface area contributed by atoms with Gasteiger partial charge in [-0.1, -0.05) is 31.2 Å². The van der Waals surface area contributed by atoms with Gasteiger partial charge in [0, 0.05) is 0 Å². The molecule has 0 saturated heterocycles. The lowest BCUT2D eigenvalue weighted by atomic mass is 9.98. The van der Waals surface area contributed by atoms with Gasteiger partial charge in [0.25, 0.3) is 0 Å². The molecule has 0 aliphatic rings. The normalized spacial score (nSPS) is 12.2. The third kappa shape index (κ3) is 3.10. The topological polar surface area (TPSA) is 35.5 Å². The van der Waals surface area contributed by atoms with E-state index >= 15 is 0 Å². The molecule has 0 aliphatic carbocycles. The van der Waals surface area contributed by atoms with Crippen molar-refractivity contribution in [3.63, 3.8) is 0 Å². The number of hydrogen-bond donors (Lipinski definition) is 0. The first kappa shape index (κ1) is 14.4. The molecule has 0 heterocycles. The molecule has 2 aromatic rings. The summed E-state index contributed by atoms with van der Waals surface area (Å²) in [5, 5.41) is 2.20. The van der Waals surface area contributed by atoms with E-state index in [1.54, 1.807) is 7.11 Å². The molecule has 3 heteroatoms. The Morgan fingerprint density at radius 2 is 1.85 bits per heavy atom. The van der Waals surface area contributed by atoms with Crippen molar-refractivity contribution in [3.8, 4) is 5.75 Å². The third-order valence-corrected chi connectivity index (χ3v) is 3.37. The van der Waals surface area contributed by atoms with E-state index in [-0.39, 0.29) is 11.9 Å². The molecule has 0 fully saturated rings. The Morgan fingerprint density at radius 1 is 1.15 bits per heavy atom. The molecule has 2 aromatic carbocycles. The van der Waals surface area contributed by atoms with Crippen LogP contribution in [-0.2, 0) is 9.53 Å². The van der Waals surface area contributed by atoms with Crippen LogP contribution < -0.4 is 4.74 Å². The number of hydrogen-bond acceptors (Lipinski definition) is 3. The molecule has 20 heavy (non-hydrogen) atoms. The van der Waals surface area contributed by atoms with Gasteiger partial charge < -0.3 is 9.47 Å². The minimum Gasteiger partial charge on any atom is -0.497 e. The van der Waals surface area contributed by atoms with E-state index in [2.05, 4.69) is 0 Å². The van der Waals surface area contributed by atoms with Gasteiger partial charge in [0.1, 0.15) is 5.75 Å². The van der Waals surface area contributed by atoms with E-state index in [0.717, 1.165) is 28.5 Å². The van der Waals surface area contributed by atoms with E-state index in [1.807, 2.05) is 50.2 Å². The molecule has 0 amide bonds. The van der Waals surface area contributed by atoms with Crippen molar-refractivity contribution < 1.29 is 14.3 Å². The molecule has 1 atom stereocenters. The lowest BCUT2D eigenvalue weighted by Crippen LogP contribution is -2.13. The molecule has 0 aliphatic heterocycles. The zero-order valence-electron chi connectivity index (χ0n) is 12.2. The van der Waals surface area contributed by atoms with Gasteiger partial charge in [-0.2, -0.15) is 0 Å².